The zero-order chi connectivity index (χ0) is 20.7. The molecule has 2 aliphatic heterocycles. The van der Waals surface area contributed by atoms with Gasteiger partial charge in [-0.15, -0.1) is 0 Å². The lowest BCUT2D eigenvalue weighted by atomic mass is 9.81. The highest BCUT2D eigenvalue weighted by Crippen LogP contribution is 2.34. The van der Waals surface area contributed by atoms with Crippen LogP contribution in [0.15, 0.2) is 0 Å². The lowest BCUT2D eigenvalue weighted by Gasteiger charge is -2.51. The van der Waals surface area contributed by atoms with Crippen LogP contribution in [0.5, 0.6) is 0 Å². The molecule has 2 rings (SSSR count). The minimum absolute atomic E-state index is 0.0311. The molecule has 160 valence electrons. The van der Waals surface area contributed by atoms with E-state index in [9.17, 15) is 14.4 Å². The molecule has 28 heavy (non-hydrogen) atoms. The summed E-state index contributed by atoms with van der Waals surface area (Å²) in [6.07, 6.45) is 4.47. The van der Waals surface area contributed by atoms with Gasteiger partial charge in [0.1, 0.15) is 11.6 Å². The maximum absolute atomic E-state index is 13.1. The molecule has 2 saturated heterocycles. The number of rotatable bonds is 9. The summed E-state index contributed by atoms with van der Waals surface area (Å²) < 4.78 is 5.25. The number of unbranched alkanes of at least 4 members (excludes halogenated alkanes) is 1. The topological polar surface area (TPSA) is 79.0 Å². The van der Waals surface area contributed by atoms with Gasteiger partial charge in [0.2, 0.25) is 11.8 Å². The first-order valence-corrected chi connectivity index (χ1v) is 10.8. The van der Waals surface area contributed by atoms with Gasteiger partial charge in [-0.1, -0.05) is 34.1 Å². The van der Waals surface area contributed by atoms with Crippen molar-refractivity contribution < 1.29 is 19.1 Å². The average Bonchev–Trinajstić information content (AvgIpc) is 2.65. The van der Waals surface area contributed by atoms with Gasteiger partial charge in [0.15, 0.2) is 0 Å². The Labute approximate surface area is 169 Å². The molecular weight excluding hydrogens is 358 g/mol. The largest absolute Gasteiger partial charge is 0.465 e. The SMILES string of the molecule is CCCCOC(=O)CN1CCC2(CC1)C(=O)NC(CC(C)C)C(=O)N2CCC. The number of amides is 2. The van der Waals surface area contributed by atoms with Crippen LogP contribution < -0.4 is 5.32 Å². The van der Waals surface area contributed by atoms with Crippen molar-refractivity contribution in [1.82, 2.24) is 15.1 Å². The summed E-state index contributed by atoms with van der Waals surface area (Å²) in [7, 11) is 0. The molecule has 0 aromatic heterocycles. The van der Waals surface area contributed by atoms with Crippen molar-refractivity contribution in [2.24, 2.45) is 5.92 Å². The number of ether oxygens (including phenoxy) is 1. The van der Waals surface area contributed by atoms with Crippen LogP contribution in [0.3, 0.4) is 0 Å². The quantitative estimate of drug-likeness (QED) is 0.477. The molecule has 2 aliphatic rings. The van der Waals surface area contributed by atoms with Crippen LogP contribution in [-0.4, -0.2) is 72.0 Å². The molecule has 1 spiro atoms. The Kier molecular flexibility index (Phi) is 8.28. The summed E-state index contributed by atoms with van der Waals surface area (Å²) in [5.74, 6) is 0.141. The predicted octanol–water partition coefficient (Wildman–Crippen LogP) is 1.95. The third-order valence-corrected chi connectivity index (χ3v) is 5.76. The van der Waals surface area contributed by atoms with Crippen LogP contribution in [-0.2, 0) is 19.1 Å². The molecule has 0 saturated carbocycles. The zero-order valence-corrected chi connectivity index (χ0v) is 18.0. The van der Waals surface area contributed by atoms with E-state index in [1.807, 2.05) is 16.7 Å². The molecule has 7 heteroatoms. The van der Waals surface area contributed by atoms with E-state index in [0.29, 0.717) is 51.4 Å². The summed E-state index contributed by atoms with van der Waals surface area (Å²) in [6, 6.07) is -0.420. The second kappa shape index (κ2) is 10.2. The fourth-order valence-electron chi connectivity index (χ4n) is 4.19. The van der Waals surface area contributed by atoms with E-state index in [-0.39, 0.29) is 24.3 Å². The van der Waals surface area contributed by atoms with E-state index in [2.05, 4.69) is 26.1 Å². The van der Waals surface area contributed by atoms with Crippen LogP contribution in [0.4, 0.5) is 0 Å². The Morgan fingerprint density at radius 1 is 1.21 bits per heavy atom. The van der Waals surface area contributed by atoms with Crippen LogP contribution >= 0.6 is 0 Å². The Morgan fingerprint density at radius 2 is 1.89 bits per heavy atom. The average molecular weight is 396 g/mol. The van der Waals surface area contributed by atoms with Crippen molar-refractivity contribution in [3.8, 4) is 0 Å². The Bertz CT molecular complexity index is 556. The smallest absolute Gasteiger partial charge is 0.320 e. The number of piperazine rings is 1. The van der Waals surface area contributed by atoms with Crippen LogP contribution in [0.25, 0.3) is 0 Å². The van der Waals surface area contributed by atoms with Crippen molar-refractivity contribution in [1.29, 1.82) is 0 Å². The van der Waals surface area contributed by atoms with E-state index in [0.717, 1.165) is 19.3 Å². The lowest BCUT2D eigenvalue weighted by Crippen LogP contribution is -2.73. The molecule has 2 fully saturated rings. The molecule has 2 amide bonds. The monoisotopic (exact) mass is 395 g/mol. The highest BCUT2D eigenvalue weighted by atomic mass is 16.5. The van der Waals surface area contributed by atoms with E-state index < -0.39 is 11.6 Å². The number of piperidine rings is 1. The molecule has 0 radical (unpaired) electrons. The molecule has 7 nitrogen and oxygen atoms in total. The van der Waals surface area contributed by atoms with Gasteiger partial charge in [0, 0.05) is 19.6 Å². The van der Waals surface area contributed by atoms with Crippen molar-refractivity contribution in [2.45, 2.75) is 77.8 Å². The van der Waals surface area contributed by atoms with Gasteiger partial charge < -0.3 is 15.0 Å². The summed E-state index contributed by atoms with van der Waals surface area (Å²) in [6.45, 7) is 10.7. The standard InChI is InChI=1S/C21H37N3O4/c1-5-7-13-28-18(25)15-23-11-8-21(9-12-23)20(27)22-17(14-16(3)4)19(26)24(21)10-6-2/h16-17H,5-15H2,1-4H3,(H,22,27). The van der Waals surface area contributed by atoms with Gasteiger partial charge >= 0.3 is 5.97 Å². The Morgan fingerprint density at radius 3 is 2.46 bits per heavy atom. The molecule has 0 aromatic carbocycles. The molecule has 0 aliphatic carbocycles. The number of nitrogens with one attached hydrogen (secondary N) is 1. The summed E-state index contributed by atoms with van der Waals surface area (Å²) in [5, 5.41) is 3.00. The minimum Gasteiger partial charge on any atom is -0.465 e. The number of likely N-dealkylation sites (tertiary alicyclic amines) is 1. The van der Waals surface area contributed by atoms with E-state index >= 15 is 0 Å². The van der Waals surface area contributed by atoms with Crippen molar-refractivity contribution in [3.63, 3.8) is 0 Å². The number of hydrogen-bond acceptors (Lipinski definition) is 5. The number of hydrogen-bond donors (Lipinski definition) is 1. The van der Waals surface area contributed by atoms with Crippen molar-refractivity contribution >= 4 is 17.8 Å². The number of carbonyl (C=O) groups excluding carboxylic acids is 3. The van der Waals surface area contributed by atoms with Crippen LogP contribution in [0.2, 0.25) is 0 Å². The van der Waals surface area contributed by atoms with Gasteiger partial charge in [-0.2, -0.15) is 0 Å². The first-order valence-electron chi connectivity index (χ1n) is 10.8. The fraction of sp³-hybridized carbons (Fsp3) is 0.857. The molecule has 1 N–H and O–H groups in total. The highest BCUT2D eigenvalue weighted by molar-refractivity contribution is 6.00. The summed E-state index contributed by atoms with van der Waals surface area (Å²) >= 11 is 0. The zero-order valence-electron chi connectivity index (χ0n) is 18.0. The molecule has 2 heterocycles. The molecule has 0 aromatic rings. The Balaban J connectivity index is 2.01. The summed E-state index contributed by atoms with van der Waals surface area (Å²) in [4.78, 5) is 42.0. The fourth-order valence-corrected chi connectivity index (χ4v) is 4.19. The second-order valence-corrected chi connectivity index (χ2v) is 8.53. The van der Waals surface area contributed by atoms with E-state index in [1.165, 1.54) is 0 Å². The van der Waals surface area contributed by atoms with Gasteiger partial charge in [0.25, 0.3) is 0 Å². The highest BCUT2D eigenvalue weighted by Gasteiger charge is 2.53. The molecule has 1 unspecified atom stereocenters. The molecule has 0 bridgehead atoms. The first kappa shape index (κ1) is 22.7. The van der Waals surface area contributed by atoms with Gasteiger partial charge in [0.05, 0.1) is 13.2 Å². The predicted molar refractivity (Wildman–Crippen MR) is 108 cm³/mol. The third kappa shape index (κ3) is 5.25. The first-order chi connectivity index (χ1) is 13.3. The summed E-state index contributed by atoms with van der Waals surface area (Å²) in [5.41, 5.74) is -0.775. The van der Waals surface area contributed by atoms with Crippen molar-refractivity contribution in [3.05, 3.63) is 0 Å². The van der Waals surface area contributed by atoms with E-state index in [1.54, 1.807) is 0 Å². The normalized spacial score (nSPS) is 22.6. The van der Waals surface area contributed by atoms with Crippen LogP contribution in [0.1, 0.15) is 66.2 Å². The van der Waals surface area contributed by atoms with Gasteiger partial charge in [-0.3, -0.25) is 19.3 Å². The number of carbonyl (C=O) groups is 3. The molecule has 1 atom stereocenters. The Hall–Kier alpha value is -1.63. The minimum atomic E-state index is -0.775. The lowest BCUT2D eigenvalue weighted by molar-refractivity contribution is -0.162. The second-order valence-electron chi connectivity index (χ2n) is 8.53. The molecular formula is C21H37N3O4. The number of nitrogens with zero attached hydrogens (tertiary/aromatic N) is 2. The maximum atomic E-state index is 13.1. The van der Waals surface area contributed by atoms with Gasteiger partial charge in [-0.25, -0.2) is 0 Å². The van der Waals surface area contributed by atoms with Crippen LogP contribution in [0, 0.1) is 5.92 Å². The van der Waals surface area contributed by atoms with Gasteiger partial charge in [-0.05, 0) is 38.0 Å². The maximum Gasteiger partial charge on any atom is 0.320 e. The van der Waals surface area contributed by atoms with Crippen molar-refractivity contribution in [2.75, 3.05) is 32.8 Å². The van der Waals surface area contributed by atoms with E-state index in [4.69, 9.17) is 4.74 Å². The third-order valence-electron chi connectivity index (χ3n) is 5.76. The number of esters is 1.